The average Bonchev–Trinajstić information content (AvgIpc) is 2.33. The SMILES string of the molecule is C[N+]1(C)C[Si-]2(C)(OC=N1)OC=N[N+]2(C)C.ClC(Cl)Cl.[Cl-]. The van der Waals surface area contributed by atoms with Gasteiger partial charge in [-0.15, -0.1) is 0 Å². The monoisotopic (exact) mass is 384 g/mol. The predicted octanol–water partition coefficient (Wildman–Crippen LogP) is -0.861. The van der Waals surface area contributed by atoms with Crippen molar-refractivity contribution in [1.29, 1.82) is 0 Å². The number of nitrogens with zero attached hydrogens (tertiary/aromatic N) is 4. The van der Waals surface area contributed by atoms with E-state index in [2.05, 4.69) is 16.7 Å². The Labute approximate surface area is 141 Å². The number of quaternary nitrogens is 2. The summed E-state index contributed by atoms with van der Waals surface area (Å²) in [6.45, 7) is 2.07. The van der Waals surface area contributed by atoms with E-state index in [-0.39, 0.29) is 12.4 Å². The molecule has 0 aromatic carbocycles. The number of hydrogen-bond donors (Lipinski definition) is 0. The van der Waals surface area contributed by atoms with Crippen molar-refractivity contribution < 1.29 is 30.1 Å². The fraction of sp³-hybridized carbons (Fsp3) is 0.778. The molecule has 2 aliphatic heterocycles. The summed E-state index contributed by atoms with van der Waals surface area (Å²) in [5.74, 6) is 0. The van der Waals surface area contributed by atoms with Gasteiger partial charge in [-0.3, -0.25) is 0 Å². The van der Waals surface area contributed by atoms with Crippen LogP contribution in [0.15, 0.2) is 10.2 Å². The first-order valence-electron chi connectivity index (χ1n) is 5.63. The maximum absolute atomic E-state index is 5.84. The van der Waals surface area contributed by atoms with Crippen LogP contribution in [0.1, 0.15) is 0 Å². The third kappa shape index (κ3) is 3.91. The molecule has 6 nitrogen and oxygen atoms in total. The number of hydrogen-bond acceptors (Lipinski definition) is 4. The molecule has 0 aliphatic carbocycles. The first-order chi connectivity index (χ1) is 8.41. The fourth-order valence-electron chi connectivity index (χ4n) is 2.16. The summed E-state index contributed by atoms with van der Waals surface area (Å²) in [5, 5.41) is 8.62. The maximum atomic E-state index is 5.84. The summed E-state index contributed by atoms with van der Waals surface area (Å²) in [4.78, 5) is 0. The summed E-state index contributed by atoms with van der Waals surface area (Å²) in [5.41, 5.74) is 0. The van der Waals surface area contributed by atoms with Gasteiger partial charge < -0.3 is 12.4 Å². The van der Waals surface area contributed by atoms with Gasteiger partial charge in [-0.25, -0.2) is 0 Å². The topological polar surface area (TPSA) is 43.2 Å². The number of rotatable bonds is 0. The van der Waals surface area contributed by atoms with E-state index in [0.717, 1.165) is 6.17 Å². The largest absolute Gasteiger partial charge is 1.00 e. The molecule has 2 aliphatic rings. The van der Waals surface area contributed by atoms with Gasteiger partial charge in [-0.2, -0.15) is 0 Å². The molecule has 0 amide bonds. The standard InChI is InChI=1S/C8H19N4O2Si.CHCl3.ClH/c1-11(2)8-15(5,13-6-9-11)12(3,4)10-7-14-15;2-1(3)4;/h6-7H,8H2,1-5H3;1H;1H/q+1;;/p-1. The van der Waals surface area contributed by atoms with E-state index < -0.39 is 12.3 Å². The molecule has 2 heterocycles. The van der Waals surface area contributed by atoms with Gasteiger partial charge in [-0.05, 0) is 0 Å². The minimum Gasteiger partial charge on any atom is -1.00 e. The third-order valence-corrected chi connectivity index (χ3v) is 9.32. The second kappa shape index (κ2) is 6.16. The Hall–Kier alpha value is 0.237. The Balaban J connectivity index is 0.000000644. The Bertz CT molecular complexity index is 418. The third-order valence-electron chi connectivity index (χ3n) is 3.53. The molecule has 120 valence electrons. The minimum atomic E-state index is -3.10. The van der Waals surface area contributed by atoms with Gasteiger partial charge >= 0.3 is 89.6 Å². The van der Waals surface area contributed by atoms with Crippen molar-refractivity contribution in [3.05, 3.63) is 0 Å². The van der Waals surface area contributed by atoms with Crippen molar-refractivity contribution in [3.8, 4) is 0 Å². The van der Waals surface area contributed by atoms with Gasteiger partial charge in [0.25, 0.3) is 0 Å². The summed E-state index contributed by atoms with van der Waals surface area (Å²) in [6, 6.07) is 0. The molecule has 0 aromatic rings. The summed E-state index contributed by atoms with van der Waals surface area (Å²) < 4.78 is 11.9. The Kier molecular flexibility index (Phi) is 6.23. The summed E-state index contributed by atoms with van der Waals surface area (Å²) >= 11 is 14.4. The molecule has 0 bridgehead atoms. The Morgan fingerprint density at radius 3 is 1.80 bits per heavy atom. The number of alkyl halides is 3. The molecule has 1 spiro atoms. The Morgan fingerprint density at radius 1 is 1.05 bits per heavy atom. The zero-order valence-electron chi connectivity index (χ0n) is 12.1. The summed E-state index contributed by atoms with van der Waals surface area (Å²) in [7, 11) is 4.98. The van der Waals surface area contributed by atoms with E-state index in [1.54, 1.807) is 0 Å². The summed E-state index contributed by atoms with van der Waals surface area (Å²) in [6.07, 6.45) is 3.78. The van der Waals surface area contributed by atoms with Gasteiger partial charge in [-0.1, -0.05) is 34.8 Å². The molecule has 0 saturated heterocycles. The van der Waals surface area contributed by atoms with E-state index in [0.29, 0.717) is 8.85 Å². The second-order valence-electron chi connectivity index (χ2n) is 5.80. The van der Waals surface area contributed by atoms with Crippen LogP contribution in [0.5, 0.6) is 0 Å². The van der Waals surface area contributed by atoms with Gasteiger partial charge in [0, 0.05) is 0 Å². The van der Waals surface area contributed by atoms with E-state index in [4.69, 9.17) is 43.7 Å². The molecule has 0 atom stereocenters. The zero-order valence-corrected chi connectivity index (χ0v) is 16.1. The quantitative estimate of drug-likeness (QED) is 0.309. The zero-order chi connectivity index (χ0) is 15.0. The van der Waals surface area contributed by atoms with E-state index >= 15 is 0 Å². The molecule has 0 radical (unpaired) electrons. The molecule has 2 rings (SSSR count). The maximum Gasteiger partial charge on any atom is 0.180 e. The van der Waals surface area contributed by atoms with Crippen molar-refractivity contribution in [2.45, 2.75) is 10.8 Å². The molecule has 0 N–H and O–H groups in total. The van der Waals surface area contributed by atoms with Crippen LogP contribution in [0.3, 0.4) is 0 Å². The van der Waals surface area contributed by atoms with Crippen LogP contribution < -0.4 is 12.4 Å². The van der Waals surface area contributed by atoms with Crippen LogP contribution in [-0.4, -0.2) is 68.3 Å². The first kappa shape index (κ1) is 20.2. The van der Waals surface area contributed by atoms with E-state index in [1.807, 2.05) is 28.2 Å². The van der Waals surface area contributed by atoms with Crippen molar-refractivity contribution in [2.75, 3.05) is 34.4 Å². The van der Waals surface area contributed by atoms with E-state index in [1.165, 1.54) is 12.8 Å². The van der Waals surface area contributed by atoms with E-state index in [9.17, 15) is 0 Å². The van der Waals surface area contributed by atoms with Crippen LogP contribution in [0.25, 0.3) is 0 Å². The van der Waals surface area contributed by atoms with Crippen molar-refractivity contribution in [1.82, 2.24) is 0 Å². The van der Waals surface area contributed by atoms with Gasteiger partial charge in [0.2, 0.25) is 0 Å². The van der Waals surface area contributed by atoms with Crippen molar-refractivity contribution in [3.63, 3.8) is 0 Å². The van der Waals surface area contributed by atoms with Gasteiger partial charge in [0.15, 0.2) is 4.30 Å². The van der Waals surface area contributed by atoms with Crippen molar-refractivity contribution >= 4 is 55.6 Å². The minimum absolute atomic E-state index is 0. The van der Waals surface area contributed by atoms with Crippen LogP contribution in [-0.2, 0) is 8.85 Å². The molecule has 11 heteroatoms. The molecule has 0 unspecified atom stereocenters. The van der Waals surface area contributed by atoms with Crippen molar-refractivity contribution in [2.24, 2.45) is 10.2 Å². The smallest absolute Gasteiger partial charge is 0.180 e. The second-order valence-corrected chi connectivity index (χ2v) is 13.1. The molecule has 0 saturated carbocycles. The molecular weight excluding hydrogens is 366 g/mol. The first-order valence-corrected chi connectivity index (χ1v) is 9.91. The van der Waals surface area contributed by atoms with Crippen LogP contribution in [0, 0.1) is 0 Å². The average molecular weight is 386 g/mol. The van der Waals surface area contributed by atoms with Crippen LogP contribution >= 0.6 is 34.8 Å². The molecular formula is C9H20Cl4N4O2Si. The van der Waals surface area contributed by atoms with Crippen LogP contribution in [0.4, 0.5) is 0 Å². The number of halogens is 4. The molecule has 0 aromatic heterocycles. The fourth-order valence-corrected chi connectivity index (χ4v) is 6.03. The molecule has 0 fully saturated rings. The van der Waals surface area contributed by atoms with Gasteiger partial charge in [0.05, 0.1) is 0 Å². The van der Waals surface area contributed by atoms with Gasteiger partial charge in [0.1, 0.15) is 0 Å². The normalized spacial score (nSPS) is 28.1. The van der Waals surface area contributed by atoms with Crippen LogP contribution in [0.2, 0.25) is 6.55 Å². The Morgan fingerprint density at radius 2 is 1.45 bits per heavy atom. The molecule has 20 heavy (non-hydrogen) atoms. The predicted molar refractivity (Wildman–Crippen MR) is 81.2 cm³/mol.